The van der Waals surface area contributed by atoms with E-state index in [4.69, 9.17) is 12.2 Å². The molecule has 0 spiro atoms. The maximum atomic E-state index is 12.2. The smallest absolute Gasteiger partial charge is 0.387 e. The second kappa shape index (κ2) is 7.37. The quantitative estimate of drug-likeness (QED) is 0.768. The molecule has 2 aromatic carbocycles. The first-order chi connectivity index (χ1) is 10.8. The van der Waals surface area contributed by atoms with Crippen LogP contribution in [0.15, 0.2) is 36.4 Å². The normalized spacial score (nSPS) is 10.5. The summed E-state index contributed by atoms with van der Waals surface area (Å²) in [6.45, 7) is 3.03. The van der Waals surface area contributed by atoms with E-state index in [1.165, 1.54) is 23.3 Å². The predicted molar refractivity (Wildman–Crippen MR) is 93.6 cm³/mol. The summed E-state index contributed by atoms with van der Waals surface area (Å²) in [6, 6.07) is 10.6. The summed E-state index contributed by atoms with van der Waals surface area (Å²) in [4.78, 5) is 0. The molecule has 0 heterocycles. The number of benzene rings is 2. The first-order valence-corrected chi connectivity index (χ1v) is 7.46. The van der Waals surface area contributed by atoms with Gasteiger partial charge in [0.15, 0.2) is 5.11 Å². The van der Waals surface area contributed by atoms with Gasteiger partial charge in [0.05, 0.1) is 0 Å². The van der Waals surface area contributed by atoms with Gasteiger partial charge in [-0.3, -0.25) is 0 Å². The van der Waals surface area contributed by atoms with Gasteiger partial charge < -0.3 is 15.4 Å². The van der Waals surface area contributed by atoms with E-state index in [0.717, 1.165) is 16.9 Å². The highest BCUT2D eigenvalue weighted by Gasteiger charge is 2.07. The minimum absolute atomic E-state index is 0.121. The lowest BCUT2D eigenvalue weighted by Gasteiger charge is -2.14. The lowest BCUT2D eigenvalue weighted by Crippen LogP contribution is -2.19. The average Bonchev–Trinajstić information content (AvgIpc) is 2.45. The third kappa shape index (κ3) is 4.89. The van der Waals surface area contributed by atoms with E-state index in [0.29, 0.717) is 5.11 Å². The van der Waals surface area contributed by atoms with Crippen LogP contribution in [-0.2, 0) is 0 Å². The summed E-state index contributed by atoms with van der Waals surface area (Å²) in [5, 5.41) is 6.58. The maximum absolute atomic E-state index is 12.2. The zero-order valence-corrected chi connectivity index (χ0v) is 13.9. The van der Waals surface area contributed by atoms with Crippen molar-refractivity contribution in [3.05, 3.63) is 53.1 Å². The van der Waals surface area contributed by atoms with Gasteiger partial charge in [0, 0.05) is 11.4 Å². The number of rotatable bonds is 4. The van der Waals surface area contributed by atoms with Gasteiger partial charge >= 0.3 is 6.61 Å². The third-order valence-electron chi connectivity index (χ3n) is 3.44. The Labute approximate surface area is 139 Å². The van der Waals surface area contributed by atoms with E-state index in [1.807, 2.05) is 32.0 Å². The standard InChI is InChI=1S/C17H18F2N2OS/c1-10-4-5-13(8-11(10)2)20-17(23)21-15-7-6-14(9-12(15)3)22-16(18)19/h4-9,16H,1-3H3,(H2,20,21,23). The van der Waals surface area contributed by atoms with E-state index >= 15 is 0 Å². The van der Waals surface area contributed by atoms with Gasteiger partial charge in [-0.15, -0.1) is 0 Å². The van der Waals surface area contributed by atoms with Gasteiger partial charge in [-0.2, -0.15) is 8.78 Å². The van der Waals surface area contributed by atoms with Crippen molar-refractivity contribution in [2.75, 3.05) is 10.6 Å². The Morgan fingerprint density at radius 1 is 0.957 bits per heavy atom. The molecule has 0 bridgehead atoms. The van der Waals surface area contributed by atoms with Crippen LogP contribution in [0.3, 0.4) is 0 Å². The summed E-state index contributed by atoms with van der Waals surface area (Å²) in [7, 11) is 0. The van der Waals surface area contributed by atoms with Crippen LogP contribution in [0.1, 0.15) is 16.7 Å². The maximum Gasteiger partial charge on any atom is 0.387 e. The largest absolute Gasteiger partial charge is 0.435 e. The lowest BCUT2D eigenvalue weighted by atomic mass is 10.1. The van der Waals surface area contributed by atoms with Crippen LogP contribution < -0.4 is 15.4 Å². The monoisotopic (exact) mass is 336 g/mol. The Bertz CT molecular complexity index is 720. The molecule has 0 radical (unpaired) electrons. The number of thiocarbonyl (C=S) groups is 1. The molecular formula is C17H18F2N2OS. The molecule has 2 rings (SSSR count). The van der Waals surface area contributed by atoms with Gasteiger partial charge in [-0.25, -0.2) is 0 Å². The zero-order chi connectivity index (χ0) is 17.0. The fraction of sp³-hybridized carbons (Fsp3) is 0.235. The highest BCUT2D eigenvalue weighted by molar-refractivity contribution is 7.80. The van der Waals surface area contributed by atoms with E-state index in [9.17, 15) is 8.78 Å². The fourth-order valence-electron chi connectivity index (χ4n) is 2.06. The Balaban J connectivity index is 2.03. The molecule has 0 atom stereocenters. The second-order valence-corrected chi connectivity index (χ2v) is 5.64. The van der Waals surface area contributed by atoms with Gasteiger partial charge in [0.2, 0.25) is 0 Å². The molecule has 23 heavy (non-hydrogen) atoms. The molecule has 122 valence electrons. The van der Waals surface area contributed by atoms with Crippen LogP contribution in [0.2, 0.25) is 0 Å². The van der Waals surface area contributed by atoms with Gasteiger partial charge in [0.1, 0.15) is 5.75 Å². The van der Waals surface area contributed by atoms with Crippen molar-refractivity contribution >= 4 is 28.7 Å². The Hall–Kier alpha value is -2.21. The molecule has 3 nitrogen and oxygen atoms in total. The Morgan fingerprint density at radius 2 is 1.70 bits per heavy atom. The van der Waals surface area contributed by atoms with E-state index in [-0.39, 0.29) is 5.75 Å². The highest BCUT2D eigenvalue weighted by atomic mass is 32.1. The second-order valence-electron chi connectivity index (χ2n) is 5.23. The van der Waals surface area contributed by atoms with Crippen molar-refractivity contribution in [3.63, 3.8) is 0 Å². The van der Waals surface area contributed by atoms with E-state index < -0.39 is 6.61 Å². The van der Waals surface area contributed by atoms with E-state index in [2.05, 4.69) is 15.4 Å². The minimum atomic E-state index is -2.83. The first kappa shape index (κ1) is 17.1. The van der Waals surface area contributed by atoms with Gasteiger partial charge in [0.25, 0.3) is 0 Å². The number of halogens is 2. The number of hydrogen-bond acceptors (Lipinski definition) is 2. The predicted octanol–water partition coefficient (Wildman–Crippen LogP) is 5.02. The molecule has 0 amide bonds. The number of aryl methyl sites for hydroxylation is 3. The van der Waals surface area contributed by atoms with Crippen LogP contribution in [0.25, 0.3) is 0 Å². The van der Waals surface area contributed by atoms with Crippen LogP contribution in [0.4, 0.5) is 20.2 Å². The topological polar surface area (TPSA) is 33.3 Å². The number of nitrogens with one attached hydrogen (secondary N) is 2. The molecule has 0 saturated heterocycles. The van der Waals surface area contributed by atoms with Crippen molar-refractivity contribution in [2.24, 2.45) is 0 Å². The fourth-order valence-corrected chi connectivity index (χ4v) is 2.28. The average molecular weight is 336 g/mol. The molecule has 0 aromatic heterocycles. The summed E-state index contributed by atoms with van der Waals surface area (Å²) >= 11 is 5.28. The SMILES string of the molecule is Cc1ccc(NC(=S)Nc2ccc(OC(F)F)cc2C)cc1C. The Morgan fingerprint density at radius 3 is 2.30 bits per heavy atom. The zero-order valence-electron chi connectivity index (χ0n) is 13.1. The summed E-state index contributed by atoms with van der Waals surface area (Å²) in [5.74, 6) is 0.121. The molecule has 0 aliphatic heterocycles. The molecule has 6 heteroatoms. The number of anilines is 2. The molecule has 0 unspecified atom stereocenters. The minimum Gasteiger partial charge on any atom is -0.435 e. The number of alkyl halides is 2. The molecule has 2 N–H and O–H groups in total. The summed E-state index contributed by atoms with van der Waals surface area (Å²) in [5.41, 5.74) is 4.75. The number of ether oxygens (including phenoxy) is 1. The highest BCUT2D eigenvalue weighted by Crippen LogP contribution is 2.23. The van der Waals surface area contributed by atoms with Crippen LogP contribution in [0, 0.1) is 20.8 Å². The van der Waals surface area contributed by atoms with Crippen molar-refractivity contribution in [1.29, 1.82) is 0 Å². The molecule has 2 aromatic rings. The summed E-state index contributed by atoms with van der Waals surface area (Å²) < 4.78 is 28.8. The molecule has 0 fully saturated rings. The number of hydrogen-bond donors (Lipinski definition) is 2. The van der Waals surface area contributed by atoms with Crippen molar-refractivity contribution < 1.29 is 13.5 Å². The van der Waals surface area contributed by atoms with Gasteiger partial charge in [-0.1, -0.05) is 6.07 Å². The van der Waals surface area contributed by atoms with Crippen LogP contribution >= 0.6 is 12.2 Å². The van der Waals surface area contributed by atoms with Crippen molar-refractivity contribution in [1.82, 2.24) is 0 Å². The van der Waals surface area contributed by atoms with Crippen molar-refractivity contribution in [3.8, 4) is 5.75 Å². The van der Waals surface area contributed by atoms with Crippen LogP contribution in [-0.4, -0.2) is 11.7 Å². The molecule has 0 saturated carbocycles. The molecule has 0 aliphatic carbocycles. The van der Waals surface area contributed by atoms with Crippen molar-refractivity contribution in [2.45, 2.75) is 27.4 Å². The first-order valence-electron chi connectivity index (χ1n) is 7.06. The Kier molecular flexibility index (Phi) is 5.50. The lowest BCUT2D eigenvalue weighted by molar-refractivity contribution is -0.0498. The van der Waals surface area contributed by atoms with E-state index in [1.54, 1.807) is 13.0 Å². The van der Waals surface area contributed by atoms with Gasteiger partial charge in [-0.05, 0) is 80.0 Å². The van der Waals surface area contributed by atoms with Crippen LogP contribution in [0.5, 0.6) is 5.75 Å². The molecular weight excluding hydrogens is 318 g/mol. The summed E-state index contributed by atoms with van der Waals surface area (Å²) in [6.07, 6.45) is 0. The third-order valence-corrected chi connectivity index (χ3v) is 3.64. The molecule has 0 aliphatic rings.